The fourth-order valence-electron chi connectivity index (χ4n) is 2.15. The van der Waals surface area contributed by atoms with Crippen molar-refractivity contribution in [3.8, 4) is 5.75 Å². The monoisotopic (exact) mass is 226 g/mol. The molecular formula is C15H14O2. The van der Waals surface area contributed by atoms with E-state index in [2.05, 4.69) is 18.2 Å². The molecular weight excluding hydrogens is 212 g/mol. The lowest BCUT2D eigenvalue weighted by Crippen LogP contribution is -1.90. The Bertz CT molecular complexity index is 507. The van der Waals surface area contributed by atoms with E-state index < -0.39 is 0 Å². The molecule has 1 saturated heterocycles. The first-order valence-corrected chi connectivity index (χ1v) is 5.73. The van der Waals surface area contributed by atoms with E-state index in [9.17, 15) is 0 Å². The van der Waals surface area contributed by atoms with Crippen LogP contribution in [0.1, 0.15) is 23.3 Å². The zero-order valence-corrected chi connectivity index (χ0v) is 9.67. The van der Waals surface area contributed by atoms with Gasteiger partial charge in [0.2, 0.25) is 0 Å². The minimum absolute atomic E-state index is 0.133. The lowest BCUT2D eigenvalue weighted by atomic mass is 10.0. The normalized spacial score (nSPS) is 22.2. The van der Waals surface area contributed by atoms with Crippen LogP contribution in [-0.2, 0) is 4.74 Å². The Balaban J connectivity index is 1.85. The molecule has 1 fully saturated rings. The lowest BCUT2D eigenvalue weighted by Gasteiger charge is -2.04. The minimum Gasteiger partial charge on any atom is -0.496 e. The number of hydrogen-bond donors (Lipinski definition) is 0. The molecule has 1 aliphatic heterocycles. The molecule has 0 aromatic heterocycles. The molecule has 17 heavy (non-hydrogen) atoms. The van der Waals surface area contributed by atoms with Crippen molar-refractivity contribution in [3.63, 3.8) is 0 Å². The highest BCUT2D eigenvalue weighted by molar-refractivity contribution is 5.39. The van der Waals surface area contributed by atoms with Crippen molar-refractivity contribution in [1.82, 2.24) is 0 Å². The molecule has 1 heterocycles. The summed E-state index contributed by atoms with van der Waals surface area (Å²) in [4.78, 5) is 0. The van der Waals surface area contributed by atoms with Crippen LogP contribution in [0.3, 0.4) is 0 Å². The van der Waals surface area contributed by atoms with Crippen molar-refractivity contribution >= 4 is 0 Å². The van der Waals surface area contributed by atoms with Crippen LogP contribution in [-0.4, -0.2) is 7.11 Å². The molecule has 2 heteroatoms. The van der Waals surface area contributed by atoms with Crippen LogP contribution in [0.25, 0.3) is 0 Å². The zero-order chi connectivity index (χ0) is 11.7. The van der Waals surface area contributed by atoms with E-state index in [-0.39, 0.29) is 12.2 Å². The molecule has 0 spiro atoms. The summed E-state index contributed by atoms with van der Waals surface area (Å²) in [6.07, 6.45) is 0.307. The number of methoxy groups -OCH3 is 1. The average molecular weight is 226 g/mol. The Morgan fingerprint density at radius 2 is 1.59 bits per heavy atom. The van der Waals surface area contributed by atoms with Crippen LogP contribution in [0.4, 0.5) is 0 Å². The van der Waals surface area contributed by atoms with Crippen molar-refractivity contribution in [3.05, 3.63) is 65.7 Å². The van der Waals surface area contributed by atoms with E-state index in [1.54, 1.807) is 7.11 Å². The molecule has 2 aromatic rings. The van der Waals surface area contributed by atoms with Crippen LogP contribution < -0.4 is 4.74 Å². The molecule has 0 amide bonds. The van der Waals surface area contributed by atoms with Gasteiger partial charge in [-0.25, -0.2) is 0 Å². The first-order chi connectivity index (χ1) is 8.40. The van der Waals surface area contributed by atoms with E-state index in [0.29, 0.717) is 0 Å². The van der Waals surface area contributed by atoms with Crippen molar-refractivity contribution in [2.24, 2.45) is 0 Å². The Labute approximate surface area is 101 Å². The van der Waals surface area contributed by atoms with E-state index >= 15 is 0 Å². The average Bonchev–Trinajstić information content (AvgIpc) is 3.20. The van der Waals surface area contributed by atoms with Gasteiger partial charge in [0.15, 0.2) is 0 Å². The minimum atomic E-state index is 0.133. The molecule has 0 radical (unpaired) electrons. The van der Waals surface area contributed by atoms with Gasteiger partial charge in [-0.15, -0.1) is 0 Å². The van der Waals surface area contributed by atoms with Gasteiger partial charge >= 0.3 is 0 Å². The smallest absolute Gasteiger partial charge is 0.124 e. The molecule has 1 aliphatic rings. The van der Waals surface area contributed by atoms with Gasteiger partial charge in [-0.05, 0) is 11.6 Å². The summed E-state index contributed by atoms with van der Waals surface area (Å²) in [6.45, 7) is 0. The molecule has 3 rings (SSSR count). The summed E-state index contributed by atoms with van der Waals surface area (Å²) in [7, 11) is 1.69. The molecule has 0 saturated carbocycles. The lowest BCUT2D eigenvalue weighted by molar-refractivity contribution is 0.364. The summed E-state index contributed by atoms with van der Waals surface area (Å²) < 4.78 is 11.1. The maximum Gasteiger partial charge on any atom is 0.124 e. The second-order valence-corrected chi connectivity index (χ2v) is 4.13. The molecule has 2 nitrogen and oxygen atoms in total. The standard InChI is InChI=1S/C15H14O2/c1-16-13-10-6-5-9-12(13)15-14(17-15)11-7-3-2-4-8-11/h2-10,14-15H,1H3/t14-,15-/m1/s1. The van der Waals surface area contributed by atoms with E-state index in [1.807, 2.05) is 36.4 Å². The number of para-hydroxylation sites is 1. The Morgan fingerprint density at radius 3 is 2.35 bits per heavy atom. The summed E-state index contributed by atoms with van der Waals surface area (Å²) in [5, 5.41) is 0. The van der Waals surface area contributed by atoms with Crippen molar-refractivity contribution in [1.29, 1.82) is 0 Å². The molecule has 0 bridgehead atoms. The Morgan fingerprint density at radius 1 is 0.882 bits per heavy atom. The first kappa shape index (κ1) is 10.4. The van der Waals surface area contributed by atoms with Gasteiger partial charge in [0.1, 0.15) is 18.0 Å². The highest BCUT2D eigenvalue weighted by Gasteiger charge is 2.42. The molecule has 2 aromatic carbocycles. The number of ether oxygens (including phenoxy) is 2. The highest BCUT2D eigenvalue weighted by Crippen LogP contribution is 2.52. The van der Waals surface area contributed by atoms with Crippen LogP contribution in [0.5, 0.6) is 5.75 Å². The summed E-state index contributed by atoms with van der Waals surface area (Å²) in [5.41, 5.74) is 2.35. The Hall–Kier alpha value is -1.80. The van der Waals surface area contributed by atoms with Crippen LogP contribution in [0.2, 0.25) is 0 Å². The largest absolute Gasteiger partial charge is 0.496 e. The fraction of sp³-hybridized carbons (Fsp3) is 0.200. The second kappa shape index (κ2) is 4.22. The van der Waals surface area contributed by atoms with Gasteiger partial charge in [0, 0.05) is 5.56 Å². The van der Waals surface area contributed by atoms with Gasteiger partial charge < -0.3 is 9.47 Å². The molecule has 86 valence electrons. The second-order valence-electron chi connectivity index (χ2n) is 4.13. The Kier molecular flexibility index (Phi) is 2.57. The highest BCUT2D eigenvalue weighted by atomic mass is 16.6. The predicted molar refractivity (Wildman–Crippen MR) is 66.0 cm³/mol. The SMILES string of the molecule is COc1ccccc1[C@H]1O[C@@H]1c1ccccc1. The number of hydrogen-bond acceptors (Lipinski definition) is 2. The predicted octanol–water partition coefficient (Wildman–Crippen LogP) is 3.51. The zero-order valence-electron chi connectivity index (χ0n) is 9.67. The summed E-state index contributed by atoms with van der Waals surface area (Å²) >= 11 is 0. The van der Waals surface area contributed by atoms with E-state index in [0.717, 1.165) is 11.3 Å². The van der Waals surface area contributed by atoms with E-state index in [4.69, 9.17) is 9.47 Å². The molecule has 0 unspecified atom stereocenters. The maximum atomic E-state index is 5.75. The van der Waals surface area contributed by atoms with Gasteiger partial charge in [0.05, 0.1) is 7.11 Å². The van der Waals surface area contributed by atoms with Crippen LogP contribution >= 0.6 is 0 Å². The quantitative estimate of drug-likeness (QED) is 0.747. The van der Waals surface area contributed by atoms with Crippen LogP contribution in [0, 0.1) is 0 Å². The van der Waals surface area contributed by atoms with Gasteiger partial charge in [0.25, 0.3) is 0 Å². The number of rotatable bonds is 3. The van der Waals surface area contributed by atoms with Crippen molar-refractivity contribution in [2.75, 3.05) is 7.11 Å². The molecule has 2 atom stereocenters. The molecule has 0 aliphatic carbocycles. The third-order valence-corrected chi connectivity index (χ3v) is 3.07. The van der Waals surface area contributed by atoms with Crippen molar-refractivity contribution in [2.45, 2.75) is 12.2 Å². The first-order valence-electron chi connectivity index (χ1n) is 5.73. The van der Waals surface area contributed by atoms with Gasteiger partial charge in [-0.1, -0.05) is 48.5 Å². The molecule has 0 N–H and O–H groups in total. The third-order valence-electron chi connectivity index (χ3n) is 3.07. The van der Waals surface area contributed by atoms with Crippen molar-refractivity contribution < 1.29 is 9.47 Å². The van der Waals surface area contributed by atoms with Gasteiger partial charge in [-0.2, -0.15) is 0 Å². The van der Waals surface area contributed by atoms with Crippen LogP contribution in [0.15, 0.2) is 54.6 Å². The topological polar surface area (TPSA) is 21.8 Å². The fourth-order valence-corrected chi connectivity index (χ4v) is 2.15. The number of benzene rings is 2. The summed E-state index contributed by atoms with van der Waals surface area (Å²) in [5.74, 6) is 0.899. The van der Waals surface area contributed by atoms with Gasteiger partial charge in [-0.3, -0.25) is 0 Å². The number of epoxide rings is 1. The van der Waals surface area contributed by atoms with E-state index in [1.165, 1.54) is 5.56 Å². The summed E-state index contributed by atoms with van der Waals surface area (Å²) in [6, 6.07) is 18.3. The maximum absolute atomic E-state index is 5.75. The third kappa shape index (κ3) is 1.92.